The van der Waals surface area contributed by atoms with E-state index in [9.17, 15) is 4.79 Å². The van der Waals surface area contributed by atoms with Gasteiger partial charge >= 0.3 is 0 Å². The Morgan fingerprint density at radius 2 is 2.17 bits per heavy atom. The number of rotatable bonds is 3. The lowest BCUT2D eigenvalue weighted by Gasteiger charge is -2.24. The molecule has 0 aliphatic carbocycles. The van der Waals surface area contributed by atoms with Crippen molar-refractivity contribution in [2.45, 2.75) is 25.3 Å². The SMILES string of the molecule is O=C(NC1CCOCC1)C1CCN(c2nc3ccc(Cl)cc3s2)C1. The van der Waals surface area contributed by atoms with E-state index in [2.05, 4.69) is 15.2 Å². The summed E-state index contributed by atoms with van der Waals surface area (Å²) in [5, 5.41) is 4.90. The largest absolute Gasteiger partial charge is 0.381 e. The lowest BCUT2D eigenvalue weighted by molar-refractivity contribution is -0.125. The van der Waals surface area contributed by atoms with E-state index >= 15 is 0 Å². The van der Waals surface area contributed by atoms with E-state index in [1.54, 1.807) is 11.3 Å². The maximum Gasteiger partial charge on any atom is 0.225 e. The number of ether oxygens (including phenoxy) is 1. The maximum atomic E-state index is 12.5. The summed E-state index contributed by atoms with van der Waals surface area (Å²) in [7, 11) is 0. The first kappa shape index (κ1) is 16.1. The van der Waals surface area contributed by atoms with Crippen LogP contribution in [0.3, 0.4) is 0 Å². The molecule has 2 aliphatic rings. The van der Waals surface area contributed by atoms with Crippen LogP contribution in [0.25, 0.3) is 10.2 Å². The molecule has 2 saturated heterocycles. The molecular weight excluding hydrogens is 346 g/mol. The van der Waals surface area contributed by atoms with E-state index in [0.717, 1.165) is 65.9 Å². The molecule has 1 amide bonds. The molecule has 24 heavy (non-hydrogen) atoms. The zero-order chi connectivity index (χ0) is 16.5. The Bertz CT molecular complexity index is 745. The average molecular weight is 366 g/mol. The molecule has 2 aromatic rings. The van der Waals surface area contributed by atoms with Crippen molar-refractivity contribution >= 4 is 44.2 Å². The number of carbonyl (C=O) groups is 1. The zero-order valence-electron chi connectivity index (χ0n) is 13.3. The van der Waals surface area contributed by atoms with Crippen molar-refractivity contribution in [3.8, 4) is 0 Å². The van der Waals surface area contributed by atoms with Crippen LogP contribution in [0.4, 0.5) is 5.13 Å². The molecule has 1 aromatic carbocycles. The predicted molar refractivity (Wildman–Crippen MR) is 96.9 cm³/mol. The van der Waals surface area contributed by atoms with Gasteiger partial charge < -0.3 is 15.0 Å². The fourth-order valence-electron chi connectivity index (χ4n) is 3.33. The van der Waals surface area contributed by atoms with E-state index < -0.39 is 0 Å². The smallest absolute Gasteiger partial charge is 0.225 e. The number of thiazole rings is 1. The number of benzene rings is 1. The molecule has 1 N–H and O–H groups in total. The van der Waals surface area contributed by atoms with Crippen LogP contribution in [0.15, 0.2) is 18.2 Å². The third-order valence-electron chi connectivity index (χ3n) is 4.74. The molecule has 2 aliphatic heterocycles. The van der Waals surface area contributed by atoms with Crippen molar-refractivity contribution in [3.63, 3.8) is 0 Å². The molecule has 0 bridgehead atoms. The van der Waals surface area contributed by atoms with Gasteiger partial charge in [0.25, 0.3) is 0 Å². The Morgan fingerprint density at radius 1 is 1.33 bits per heavy atom. The molecule has 0 radical (unpaired) electrons. The molecule has 3 heterocycles. The highest BCUT2D eigenvalue weighted by Crippen LogP contribution is 2.33. The molecule has 5 nitrogen and oxygen atoms in total. The number of hydrogen-bond acceptors (Lipinski definition) is 5. The lowest BCUT2D eigenvalue weighted by Crippen LogP contribution is -2.42. The molecule has 0 spiro atoms. The molecule has 1 atom stereocenters. The van der Waals surface area contributed by atoms with E-state index in [1.807, 2.05) is 18.2 Å². The summed E-state index contributed by atoms with van der Waals surface area (Å²) in [6, 6.07) is 6.03. The van der Waals surface area contributed by atoms with Gasteiger partial charge in [-0.2, -0.15) is 0 Å². The third-order valence-corrected chi connectivity index (χ3v) is 6.05. The first-order chi connectivity index (χ1) is 11.7. The normalized spacial score (nSPS) is 22.2. The number of halogens is 1. The number of hydrogen-bond donors (Lipinski definition) is 1. The van der Waals surface area contributed by atoms with Gasteiger partial charge in [-0.15, -0.1) is 0 Å². The lowest BCUT2D eigenvalue weighted by atomic mass is 10.1. The topological polar surface area (TPSA) is 54.5 Å². The highest BCUT2D eigenvalue weighted by Gasteiger charge is 2.31. The fourth-order valence-corrected chi connectivity index (χ4v) is 4.61. The second kappa shape index (κ2) is 6.86. The zero-order valence-corrected chi connectivity index (χ0v) is 14.9. The third kappa shape index (κ3) is 3.36. The minimum Gasteiger partial charge on any atom is -0.381 e. The summed E-state index contributed by atoms with van der Waals surface area (Å²) in [5.41, 5.74) is 0.967. The molecular formula is C17H20ClN3O2S. The summed E-state index contributed by atoms with van der Waals surface area (Å²) < 4.78 is 6.43. The number of anilines is 1. The van der Waals surface area contributed by atoms with Crippen LogP contribution in [0, 0.1) is 5.92 Å². The van der Waals surface area contributed by atoms with Crippen LogP contribution in [0.5, 0.6) is 0 Å². The Labute approximate surface area is 149 Å². The highest BCUT2D eigenvalue weighted by atomic mass is 35.5. The van der Waals surface area contributed by atoms with Crippen LogP contribution in [0.1, 0.15) is 19.3 Å². The van der Waals surface area contributed by atoms with Crippen LogP contribution in [-0.2, 0) is 9.53 Å². The molecule has 1 aromatic heterocycles. The van der Waals surface area contributed by atoms with Gasteiger partial charge in [-0.05, 0) is 37.5 Å². The van der Waals surface area contributed by atoms with Gasteiger partial charge in [0.1, 0.15) is 0 Å². The number of carbonyl (C=O) groups excluding carboxylic acids is 1. The number of fused-ring (bicyclic) bond motifs is 1. The van der Waals surface area contributed by atoms with Gasteiger partial charge in [0.05, 0.1) is 16.1 Å². The van der Waals surface area contributed by atoms with Crippen molar-refractivity contribution in [2.75, 3.05) is 31.2 Å². The van der Waals surface area contributed by atoms with E-state index in [4.69, 9.17) is 16.3 Å². The Morgan fingerprint density at radius 3 is 3.00 bits per heavy atom. The second-order valence-corrected chi connectivity index (χ2v) is 7.88. The highest BCUT2D eigenvalue weighted by molar-refractivity contribution is 7.22. The maximum absolute atomic E-state index is 12.5. The Hall–Kier alpha value is -1.37. The van der Waals surface area contributed by atoms with Crippen molar-refractivity contribution in [1.82, 2.24) is 10.3 Å². The van der Waals surface area contributed by atoms with E-state index in [1.165, 1.54) is 0 Å². The summed E-state index contributed by atoms with van der Waals surface area (Å²) >= 11 is 7.69. The molecule has 1 unspecified atom stereocenters. The average Bonchev–Trinajstić information content (AvgIpc) is 3.22. The summed E-state index contributed by atoms with van der Waals surface area (Å²) in [6.07, 6.45) is 2.72. The monoisotopic (exact) mass is 365 g/mol. The summed E-state index contributed by atoms with van der Waals surface area (Å²) in [6.45, 7) is 3.11. The minimum atomic E-state index is 0.0449. The predicted octanol–water partition coefficient (Wildman–Crippen LogP) is 3.07. The van der Waals surface area contributed by atoms with E-state index in [0.29, 0.717) is 0 Å². The Kier molecular flexibility index (Phi) is 4.61. The number of nitrogens with one attached hydrogen (secondary N) is 1. The van der Waals surface area contributed by atoms with Gasteiger partial charge in [0.15, 0.2) is 5.13 Å². The van der Waals surface area contributed by atoms with Gasteiger partial charge in [0.2, 0.25) is 5.91 Å². The van der Waals surface area contributed by atoms with Crippen molar-refractivity contribution in [1.29, 1.82) is 0 Å². The second-order valence-electron chi connectivity index (χ2n) is 6.44. The summed E-state index contributed by atoms with van der Waals surface area (Å²) in [4.78, 5) is 19.4. The van der Waals surface area contributed by atoms with Crippen LogP contribution in [0.2, 0.25) is 5.02 Å². The van der Waals surface area contributed by atoms with Crippen LogP contribution < -0.4 is 10.2 Å². The van der Waals surface area contributed by atoms with E-state index in [-0.39, 0.29) is 17.9 Å². The van der Waals surface area contributed by atoms with Crippen molar-refractivity contribution in [3.05, 3.63) is 23.2 Å². The molecule has 128 valence electrons. The first-order valence-electron chi connectivity index (χ1n) is 8.38. The number of nitrogens with zero attached hydrogens (tertiary/aromatic N) is 2. The molecule has 0 saturated carbocycles. The first-order valence-corrected chi connectivity index (χ1v) is 9.57. The van der Waals surface area contributed by atoms with Crippen LogP contribution in [-0.4, -0.2) is 43.2 Å². The van der Waals surface area contributed by atoms with Gasteiger partial charge in [-0.3, -0.25) is 4.79 Å². The quantitative estimate of drug-likeness (QED) is 0.908. The van der Waals surface area contributed by atoms with Crippen molar-refractivity contribution in [2.24, 2.45) is 5.92 Å². The summed E-state index contributed by atoms with van der Waals surface area (Å²) in [5.74, 6) is 0.219. The Balaban J connectivity index is 1.40. The fraction of sp³-hybridized carbons (Fsp3) is 0.529. The van der Waals surface area contributed by atoms with Gasteiger partial charge in [0, 0.05) is 37.4 Å². The molecule has 7 heteroatoms. The van der Waals surface area contributed by atoms with Gasteiger partial charge in [-0.25, -0.2) is 4.98 Å². The molecule has 4 rings (SSSR count). The molecule has 2 fully saturated rings. The standard InChI is InChI=1S/C17H20ClN3O2S/c18-12-1-2-14-15(9-12)24-17(20-14)21-6-3-11(10-21)16(22)19-13-4-7-23-8-5-13/h1-2,9,11,13H,3-8,10H2,(H,19,22). The minimum absolute atomic E-state index is 0.0449. The van der Waals surface area contributed by atoms with Crippen molar-refractivity contribution < 1.29 is 9.53 Å². The number of amides is 1. The van der Waals surface area contributed by atoms with Crippen LogP contribution >= 0.6 is 22.9 Å². The number of aromatic nitrogens is 1. The van der Waals surface area contributed by atoms with Gasteiger partial charge in [-0.1, -0.05) is 22.9 Å².